The minimum atomic E-state index is -0.381. The molecule has 0 aliphatic heterocycles. The third-order valence-corrected chi connectivity index (χ3v) is 21.5. The molecule has 0 N–H and O–H groups in total. The van der Waals surface area contributed by atoms with Crippen molar-refractivity contribution in [1.82, 2.24) is 0 Å². The van der Waals surface area contributed by atoms with Crippen molar-refractivity contribution < 1.29 is 59.2 Å². The average molecular weight is 1440 g/mol. The number of rotatable bonds is 16. The molecular formula is C52H54I5O8+. The van der Waals surface area contributed by atoms with E-state index in [9.17, 15) is 9.59 Å². The second-order valence-corrected chi connectivity index (χ2v) is 27.5. The molecule has 8 bridgehead atoms. The summed E-state index contributed by atoms with van der Waals surface area (Å²) in [5.41, 5.74) is 1.38. The number of esters is 2. The molecule has 8 aliphatic rings. The number of halogens is 5. The summed E-state index contributed by atoms with van der Waals surface area (Å²) < 4.78 is 43.4. The monoisotopic (exact) mass is 1440 g/mol. The Morgan fingerprint density at radius 1 is 0.492 bits per heavy atom. The van der Waals surface area contributed by atoms with E-state index in [0.29, 0.717) is 48.4 Å². The Balaban J connectivity index is 0.655. The maximum Gasteiger partial charge on any atom is 0.357 e. The SMILES string of the molecule is CC1(OC(=O)COc2c(I)cc(COc3ccc([I+]c4ccc(OCc5cc(I)c(OCC(=O)OC6(C)C7CC8CC(C7)CC6C8)c(I)c5)cc4)cc3)cc2I)C2CC3CC(C2)CC1C3. The van der Waals surface area contributed by atoms with Crippen LogP contribution in [-0.2, 0) is 32.3 Å². The summed E-state index contributed by atoms with van der Waals surface area (Å²) >= 11 is 8.75. The molecule has 0 aromatic heterocycles. The smallest absolute Gasteiger partial charge is 0.357 e. The Morgan fingerprint density at radius 2 is 0.800 bits per heavy atom. The second-order valence-electron chi connectivity index (χ2n) is 19.9. The van der Waals surface area contributed by atoms with Gasteiger partial charge in [-0.25, -0.2) is 9.59 Å². The zero-order valence-electron chi connectivity index (χ0n) is 36.6. The Bertz CT molecular complexity index is 2150. The van der Waals surface area contributed by atoms with E-state index in [1.165, 1.54) is 71.3 Å². The standard InChI is InChI=1S/C52H54I5O8/c1-51(35-13-29-11-30(15-35)16-36(51)14-29)64-47(58)27-62-49-43(53)21-33(22-44(49)54)25-60-41-7-3-39(4-8-41)57-40-5-9-42(10-6-40)61-26-34-23-45(55)50(46(56)24-34)63-28-48(59)65-52(2)37-17-31-12-32(19-37)20-38(52)18-31/h3-10,21-24,29-32,35-38H,11-20,25-28H2,1-2H3/q+1. The lowest BCUT2D eigenvalue weighted by Gasteiger charge is -2.59. The lowest BCUT2D eigenvalue weighted by molar-refractivity contribution is -0.597. The summed E-state index contributed by atoms with van der Waals surface area (Å²) in [5.74, 6) is 7.82. The van der Waals surface area contributed by atoms with Gasteiger partial charge in [-0.15, -0.1) is 0 Å². The van der Waals surface area contributed by atoms with Gasteiger partial charge in [0.05, 0.1) is 14.3 Å². The van der Waals surface area contributed by atoms with Gasteiger partial charge in [-0.05, 0) is 300 Å². The topological polar surface area (TPSA) is 89.5 Å². The molecule has 0 spiro atoms. The molecule has 8 aliphatic carbocycles. The van der Waals surface area contributed by atoms with E-state index in [2.05, 4.69) is 153 Å². The van der Waals surface area contributed by atoms with Crippen LogP contribution < -0.4 is 40.2 Å². The summed E-state index contributed by atoms with van der Waals surface area (Å²) in [4.78, 5) is 26.2. The van der Waals surface area contributed by atoms with Crippen LogP contribution in [0, 0.1) is 68.8 Å². The fourth-order valence-electron chi connectivity index (χ4n) is 12.7. The van der Waals surface area contributed by atoms with Crippen LogP contribution in [0.25, 0.3) is 0 Å². The molecule has 0 radical (unpaired) electrons. The van der Waals surface area contributed by atoms with Gasteiger partial charge < -0.3 is 28.4 Å². The number of hydrogen-bond donors (Lipinski definition) is 0. The van der Waals surface area contributed by atoms with Gasteiger partial charge in [0, 0.05) is 0 Å². The molecule has 65 heavy (non-hydrogen) atoms. The zero-order valence-corrected chi connectivity index (χ0v) is 47.4. The van der Waals surface area contributed by atoms with Crippen molar-refractivity contribution in [1.29, 1.82) is 0 Å². The Hall–Kier alpha value is -1.33. The quantitative estimate of drug-likeness (QED) is 0.0811. The molecule has 13 heteroatoms. The predicted octanol–water partition coefficient (Wildman–Crippen LogP) is 9.66. The first-order valence-corrected chi connectivity index (χ1v) is 29.5. The van der Waals surface area contributed by atoms with E-state index in [1.54, 1.807) is 0 Å². The van der Waals surface area contributed by atoms with Crippen molar-refractivity contribution in [3.8, 4) is 23.0 Å². The number of hydrogen-bond acceptors (Lipinski definition) is 8. The Labute approximate surface area is 447 Å². The first kappa shape index (κ1) is 47.4. The van der Waals surface area contributed by atoms with Crippen LogP contribution in [0.2, 0.25) is 0 Å². The van der Waals surface area contributed by atoms with E-state index < -0.39 is 0 Å². The number of carbonyl (C=O) groups is 2. The molecule has 12 rings (SSSR count). The van der Waals surface area contributed by atoms with Crippen LogP contribution in [0.5, 0.6) is 23.0 Å². The van der Waals surface area contributed by atoms with Crippen molar-refractivity contribution in [2.45, 2.75) is 102 Å². The highest BCUT2D eigenvalue weighted by molar-refractivity contribution is 14.1. The molecule has 0 atom stereocenters. The lowest BCUT2D eigenvalue weighted by atomic mass is 9.50. The Kier molecular flexibility index (Phi) is 14.4. The van der Waals surface area contributed by atoms with Crippen LogP contribution in [-0.4, -0.2) is 36.4 Å². The predicted molar refractivity (Wildman–Crippen MR) is 277 cm³/mol. The van der Waals surface area contributed by atoms with Crippen LogP contribution in [0.15, 0.2) is 72.8 Å². The third-order valence-electron chi connectivity index (χ3n) is 15.6. The van der Waals surface area contributed by atoms with Gasteiger partial charge in [-0.1, -0.05) is 0 Å². The van der Waals surface area contributed by atoms with Crippen LogP contribution in [0.3, 0.4) is 0 Å². The molecule has 4 aromatic rings. The molecule has 8 saturated carbocycles. The molecule has 0 amide bonds. The summed E-state index contributed by atoms with van der Waals surface area (Å²) in [6.45, 7) is 5.06. The zero-order chi connectivity index (χ0) is 45.0. The van der Waals surface area contributed by atoms with Gasteiger partial charge in [-0.2, -0.15) is 0 Å². The van der Waals surface area contributed by atoms with Gasteiger partial charge in [0.15, 0.2) is 20.4 Å². The lowest BCUT2D eigenvalue weighted by Crippen LogP contribution is -3.61. The fourth-order valence-corrected chi connectivity index (χ4v) is 19.3. The van der Waals surface area contributed by atoms with Crippen molar-refractivity contribution >= 4 is 102 Å². The highest BCUT2D eigenvalue weighted by Crippen LogP contribution is 2.60. The van der Waals surface area contributed by atoms with Crippen molar-refractivity contribution in [3.63, 3.8) is 0 Å². The van der Waals surface area contributed by atoms with Gasteiger partial charge in [0.2, 0.25) is 0 Å². The van der Waals surface area contributed by atoms with E-state index in [1.807, 2.05) is 24.3 Å². The Morgan fingerprint density at radius 3 is 1.11 bits per heavy atom. The van der Waals surface area contributed by atoms with Crippen molar-refractivity contribution in [2.24, 2.45) is 47.3 Å². The molecule has 0 saturated heterocycles. The number of ether oxygens (including phenoxy) is 6. The molecule has 4 aromatic carbocycles. The summed E-state index contributed by atoms with van der Waals surface area (Å²) in [6.07, 6.45) is 12.4. The van der Waals surface area contributed by atoms with Crippen LogP contribution in [0.1, 0.15) is 89.2 Å². The maximum absolute atomic E-state index is 13.1. The van der Waals surface area contributed by atoms with E-state index in [-0.39, 0.29) is 57.6 Å². The van der Waals surface area contributed by atoms with Crippen molar-refractivity contribution in [3.05, 3.63) is 105 Å². The number of carbonyl (C=O) groups excluding carboxylic acids is 2. The van der Waals surface area contributed by atoms with E-state index in [4.69, 9.17) is 28.4 Å². The minimum Gasteiger partial charge on any atom is -0.489 e. The fraction of sp³-hybridized carbons (Fsp3) is 0.500. The molecular weight excluding hydrogens is 1390 g/mol. The van der Waals surface area contributed by atoms with E-state index >= 15 is 0 Å². The van der Waals surface area contributed by atoms with Crippen LogP contribution in [0.4, 0.5) is 0 Å². The van der Waals surface area contributed by atoms with Gasteiger partial charge in [-0.3, -0.25) is 0 Å². The average Bonchev–Trinajstić information content (AvgIpc) is 3.26. The van der Waals surface area contributed by atoms with E-state index in [0.717, 1.165) is 60.6 Å². The largest absolute Gasteiger partial charge is 0.489 e. The first-order chi connectivity index (χ1) is 31.3. The molecule has 0 unspecified atom stereocenters. The van der Waals surface area contributed by atoms with Crippen molar-refractivity contribution in [2.75, 3.05) is 13.2 Å². The highest BCUT2D eigenvalue weighted by atomic mass is 127. The van der Waals surface area contributed by atoms with Gasteiger partial charge in [0.25, 0.3) is 0 Å². The molecule has 8 nitrogen and oxygen atoms in total. The second kappa shape index (κ2) is 19.8. The highest BCUT2D eigenvalue weighted by Gasteiger charge is 2.58. The summed E-state index contributed by atoms with van der Waals surface area (Å²) in [7, 11) is 0. The van der Waals surface area contributed by atoms with Crippen LogP contribution >= 0.6 is 90.4 Å². The van der Waals surface area contributed by atoms with Gasteiger partial charge in [0.1, 0.15) is 47.4 Å². The third kappa shape index (κ3) is 10.4. The molecule has 0 heterocycles. The minimum absolute atomic E-state index is 0.0785. The summed E-state index contributed by atoms with van der Waals surface area (Å²) in [6, 6.07) is 25.1. The summed E-state index contributed by atoms with van der Waals surface area (Å²) in [5, 5.41) is 0. The first-order valence-electron chi connectivity index (χ1n) is 23.0. The molecule has 344 valence electrons. The normalized spacial score (nSPS) is 30.2. The van der Waals surface area contributed by atoms with Gasteiger partial charge >= 0.3 is 33.1 Å². The number of benzene rings is 4. The maximum atomic E-state index is 13.1. The molecule has 8 fully saturated rings.